The number of rotatable bonds is 9. The lowest BCUT2D eigenvalue weighted by Crippen LogP contribution is -2.43. The molecule has 34 heavy (non-hydrogen) atoms. The zero-order chi connectivity index (χ0) is 24.1. The topological polar surface area (TPSA) is 74.2 Å². The summed E-state index contributed by atoms with van der Waals surface area (Å²) in [5, 5.41) is 0. The summed E-state index contributed by atoms with van der Waals surface area (Å²) in [5.41, 5.74) is 0.728. The number of Topliss-reactive ketones (excluding diaryl/α,β-unsaturated/α-hetero) is 1. The normalized spacial score (nSPS) is 18.1. The molecule has 0 bridgehead atoms. The molecule has 174 valence electrons. The molecule has 3 aromatic rings. The first-order valence-corrected chi connectivity index (χ1v) is 11.1. The maximum Gasteiger partial charge on any atom is 0.341 e. The summed E-state index contributed by atoms with van der Waals surface area (Å²) in [4.78, 5) is 31.4. The number of esters is 1. The molecule has 2 unspecified atom stereocenters. The van der Waals surface area contributed by atoms with Crippen LogP contribution in [0.4, 0.5) is 0 Å². The van der Waals surface area contributed by atoms with Gasteiger partial charge in [0.1, 0.15) is 17.1 Å². The molecule has 0 N–H and O–H groups in total. The Balaban J connectivity index is 1.78. The van der Waals surface area contributed by atoms with Crippen molar-refractivity contribution in [1.29, 1.82) is 0 Å². The Morgan fingerprint density at radius 1 is 0.912 bits per heavy atom. The second kappa shape index (κ2) is 9.91. The van der Waals surface area contributed by atoms with E-state index >= 15 is 0 Å². The highest BCUT2D eigenvalue weighted by Crippen LogP contribution is 2.40. The van der Waals surface area contributed by atoms with E-state index in [2.05, 4.69) is 0 Å². The van der Waals surface area contributed by atoms with Gasteiger partial charge in [0.15, 0.2) is 11.3 Å². The minimum absolute atomic E-state index is 0.0492. The Morgan fingerprint density at radius 3 is 2.09 bits per heavy atom. The Kier molecular flexibility index (Phi) is 6.77. The summed E-state index contributed by atoms with van der Waals surface area (Å²) < 4.78 is 16.8. The first-order valence-electron chi connectivity index (χ1n) is 11.1. The van der Waals surface area contributed by atoms with Crippen LogP contribution >= 0.6 is 0 Å². The number of ether oxygens (including phenoxy) is 3. The number of hydrogen-bond donors (Lipinski definition) is 0. The van der Waals surface area contributed by atoms with Gasteiger partial charge in [0, 0.05) is 18.4 Å². The van der Waals surface area contributed by atoms with Crippen LogP contribution in [0.3, 0.4) is 0 Å². The minimum Gasteiger partial charge on any atom is -0.496 e. The van der Waals surface area contributed by atoms with Crippen LogP contribution in [-0.2, 0) is 16.0 Å². The molecule has 0 spiro atoms. The van der Waals surface area contributed by atoms with Gasteiger partial charge in [-0.3, -0.25) is 4.79 Å². The number of benzene rings is 3. The van der Waals surface area contributed by atoms with E-state index < -0.39 is 17.4 Å². The summed E-state index contributed by atoms with van der Waals surface area (Å²) in [6, 6.07) is 24.0. The number of methoxy groups -OCH3 is 2. The largest absolute Gasteiger partial charge is 0.496 e. The lowest BCUT2D eigenvalue weighted by atomic mass is 9.77. The Hall–Kier alpha value is -3.93. The summed E-state index contributed by atoms with van der Waals surface area (Å²) in [7, 11) is 3.07. The van der Waals surface area contributed by atoms with Crippen molar-refractivity contribution >= 4 is 17.7 Å². The van der Waals surface area contributed by atoms with Gasteiger partial charge in [-0.1, -0.05) is 73.7 Å². The average Bonchev–Trinajstić information content (AvgIpc) is 3.20. The molecule has 0 aromatic heterocycles. The van der Waals surface area contributed by atoms with Gasteiger partial charge in [-0.2, -0.15) is 0 Å². The van der Waals surface area contributed by atoms with Crippen molar-refractivity contribution < 1.29 is 23.8 Å². The van der Waals surface area contributed by atoms with Gasteiger partial charge in [0.05, 0.1) is 14.2 Å². The van der Waals surface area contributed by atoms with Gasteiger partial charge in [-0.05, 0) is 23.6 Å². The molecule has 0 fully saturated rings. The fraction of sp³-hybridized carbons (Fsp3) is 0.250. The summed E-state index contributed by atoms with van der Waals surface area (Å²) in [5.74, 6) is 0.128. The van der Waals surface area contributed by atoms with E-state index in [-0.39, 0.29) is 18.1 Å². The standard InChI is InChI=1S/C28H27NO5/c1-19(17-22(30)21-13-8-5-9-14-21)28(18-20-11-6-4-7-12-20)27(31)34-26(29-28)25-23(32-2)15-10-16-24(25)33-3/h4-16,19H,17-18H2,1-3H3. The molecule has 6 heteroatoms. The van der Waals surface area contributed by atoms with Crippen molar-refractivity contribution in [2.24, 2.45) is 10.9 Å². The molecule has 1 aliphatic rings. The zero-order valence-corrected chi connectivity index (χ0v) is 19.5. The highest BCUT2D eigenvalue weighted by molar-refractivity contribution is 6.11. The molecule has 1 aliphatic heterocycles. The van der Waals surface area contributed by atoms with Crippen LogP contribution < -0.4 is 9.47 Å². The number of carbonyl (C=O) groups is 2. The van der Waals surface area contributed by atoms with Gasteiger partial charge >= 0.3 is 5.97 Å². The van der Waals surface area contributed by atoms with Gasteiger partial charge in [-0.15, -0.1) is 0 Å². The van der Waals surface area contributed by atoms with E-state index in [9.17, 15) is 9.59 Å². The number of aliphatic imine (C=N–C) groups is 1. The van der Waals surface area contributed by atoms with E-state index in [1.165, 1.54) is 14.2 Å². The molecule has 0 radical (unpaired) electrons. The molecule has 0 aliphatic carbocycles. The second-order valence-electron chi connectivity index (χ2n) is 8.33. The van der Waals surface area contributed by atoms with Gasteiger partial charge < -0.3 is 14.2 Å². The maximum atomic E-state index is 13.5. The molecule has 3 aromatic carbocycles. The van der Waals surface area contributed by atoms with Crippen molar-refractivity contribution in [3.63, 3.8) is 0 Å². The third-order valence-corrected chi connectivity index (χ3v) is 6.20. The van der Waals surface area contributed by atoms with E-state index in [0.29, 0.717) is 29.0 Å². The van der Waals surface area contributed by atoms with Crippen molar-refractivity contribution in [3.05, 3.63) is 95.6 Å². The quantitative estimate of drug-likeness (QED) is 0.338. The molecular formula is C28H27NO5. The number of nitrogens with zero attached hydrogens (tertiary/aromatic N) is 1. The first kappa shape index (κ1) is 23.2. The molecular weight excluding hydrogens is 430 g/mol. The molecule has 6 nitrogen and oxygen atoms in total. The van der Waals surface area contributed by atoms with Crippen molar-refractivity contribution in [1.82, 2.24) is 0 Å². The van der Waals surface area contributed by atoms with Gasteiger partial charge in [0.25, 0.3) is 0 Å². The number of hydrogen-bond acceptors (Lipinski definition) is 6. The van der Waals surface area contributed by atoms with Crippen LogP contribution in [0, 0.1) is 5.92 Å². The second-order valence-corrected chi connectivity index (χ2v) is 8.33. The molecule has 2 atom stereocenters. The van der Waals surface area contributed by atoms with Gasteiger partial charge in [-0.25, -0.2) is 9.79 Å². The maximum absolute atomic E-state index is 13.5. The third-order valence-electron chi connectivity index (χ3n) is 6.20. The van der Waals surface area contributed by atoms with E-state index in [4.69, 9.17) is 19.2 Å². The Labute approximate surface area is 199 Å². The predicted molar refractivity (Wildman–Crippen MR) is 130 cm³/mol. The molecule has 0 amide bonds. The molecule has 4 rings (SSSR count). The summed E-state index contributed by atoms with van der Waals surface area (Å²) >= 11 is 0. The SMILES string of the molecule is COc1cccc(OC)c1C1=NC(Cc2ccccc2)(C(C)CC(=O)c2ccccc2)C(=O)O1. The highest BCUT2D eigenvalue weighted by Gasteiger charge is 2.51. The smallest absolute Gasteiger partial charge is 0.341 e. The van der Waals surface area contributed by atoms with Crippen LogP contribution in [0.15, 0.2) is 83.9 Å². The van der Waals surface area contributed by atoms with E-state index in [0.717, 1.165) is 5.56 Å². The van der Waals surface area contributed by atoms with Crippen LogP contribution in [-0.4, -0.2) is 37.4 Å². The average molecular weight is 458 g/mol. The summed E-state index contributed by atoms with van der Waals surface area (Å²) in [6.45, 7) is 1.87. The van der Waals surface area contributed by atoms with Crippen LogP contribution in [0.5, 0.6) is 11.5 Å². The van der Waals surface area contributed by atoms with Crippen LogP contribution in [0.25, 0.3) is 0 Å². The number of carbonyl (C=O) groups excluding carboxylic acids is 2. The Morgan fingerprint density at radius 2 is 1.50 bits per heavy atom. The van der Waals surface area contributed by atoms with Crippen molar-refractivity contribution in [3.8, 4) is 11.5 Å². The Bertz CT molecular complexity index is 1180. The van der Waals surface area contributed by atoms with Gasteiger partial charge in [0.2, 0.25) is 5.90 Å². The fourth-order valence-corrected chi connectivity index (χ4v) is 4.29. The minimum atomic E-state index is -1.27. The third kappa shape index (κ3) is 4.44. The molecule has 1 heterocycles. The fourth-order valence-electron chi connectivity index (χ4n) is 4.29. The van der Waals surface area contributed by atoms with E-state index in [1.807, 2.05) is 55.5 Å². The predicted octanol–water partition coefficient (Wildman–Crippen LogP) is 4.90. The highest BCUT2D eigenvalue weighted by atomic mass is 16.6. The number of cyclic esters (lactones) is 1. The number of ketones is 1. The van der Waals surface area contributed by atoms with Crippen LogP contribution in [0.2, 0.25) is 0 Å². The summed E-state index contributed by atoms with van der Waals surface area (Å²) in [6.07, 6.45) is 0.447. The molecule has 0 saturated heterocycles. The first-order chi connectivity index (χ1) is 16.5. The lowest BCUT2D eigenvalue weighted by Gasteiger charge is -2.28. The van der Waals surface area contributed by atoms with Crippen LogP contribution in [0.1, 0.15) is 34.8 Å². The van der Waals surface area contributed by atoms with E-state index in [1.54, 1.807) is 30.3 Å². The zero-order valence-electron chi connectivity index (χ0n) is 19.5. The lowest BCUT2D eigenvalue weighted by molar-refractivity contribution is -0.140. The van der Waals surface area contributed by atoms with Crippen molar-refractivity contribution in [2.45, 2.75) is 25.3 Å². The van der Waals surface area contributed by atoms with Crippen molar-refractivity contribution in [2.75, 3.05) is 14.2 Å². The monoisotopic (exact) mass is 457 g/mol. The molecule has 0 saturated carbocycles.